The molecule has 1 amide bonds. The van der Waals surface area contributed by atoms with Crippen LogP contribution in [0.5, 0.6) is 5.75 Å². The Morgan fingerprint density at radius 3 is 2.75 bits per heavy atom. The van der Waals surface area contributed by atoms with E-state index in [2.05, 4.69) is 0 Å². The van der Waals surface area contributed by atoms with Crippen LogP contribution in [0.3, 0.4) is 0 Å². The summed E-state index contributed by atoms with van der Waals surface area (Å²) in [6.07, 6.45) is 5.36. The van der Waals surface area contributed by atoms with Crippen LogP contribution in [0.15, 0.2) is 18.2 Å². The van der Waals surface area contributed by atoms with E-state index in [0.717, 1.165) is 19.3 Å². The summed E-state index contributed by atoms with van der Waals surface area (Å²) in [6, 6.07) is 5.47. The highest BCUT2D eigenvalue weighted by atomic mass is 16.3. The van der Waals surface area contributed by atoms with E-state index in [9.17, 15) is 9.90 Å². The van der Waals surface area contributed by atoms with E-state index in [1.54, 1.807) is 25.1 Å². The molecule has 2 rings (SSSR count). The number of phenols is 1. The predicted octanol–water partition coefficient (Wildman–Crippen LogP) is 2.43. The zero-order valence-corrected chi connectivity index (χ0v) is 12.1. The van der Waals surface area contributed by atoms with Crippen molar-refractivity contribution in [2.24, 2.45) is 5.73 Å². The maximum absolute atomic E-state index is 12.8. The van der Waals surface area contributed by atoms with Crippen molar-refractivity contribution in [3.63, 3.8) is 0 Å². The van der Waals surface area contributed by atoms with Gasteiger partial charge in [-0.25, -0.2) is 0 Å². The van der Waals surface area contributed by atoms with E-state index < -0.39 is 0 Å². The number of carbonyl (C=O) groups is 1. The van der Waals surface area contributed by atoms with Gasteiger partial charge in [-0.15, -0.1) is 0 Å². The van der Waals surface area contributed by atoms with Crippen LogP contribution in [0.25, 0.3) is 0 Å². The van der Waals surface area contributed by atoms with Gasteiger partial charge >= 0.3 is 0 Å². The van der Waals surface area contributed by atoms with Gasteiger partial charge < -0.3 is 15.7 Å². The number of amides is 1. The van der Waals surface area contributed by atoms with Crippen molar-refractivity contribution in [1.82, 2.24) is 4.90 Å². The maximum atomic E-state index is 12.8. The molecule has 0 unspecified atom stereocenters. The van der Waals surface area contributed by atoms with Crippen LogP contribution in [-0.2, 0) is 0 Å². The number of nitrogens with zero attached hydrogens (tertiary/aromatic N) is 1. The van der Waals surface area contributed by atoms with E-state index in [1.807, 2.05) is 4.90 Å². The molecule has 0 bridgehead atoms. The molecule has 110 valence electrons. The molecular formula is C16H24N2O2. The number of nitrogens with two attached hydrogens (primary N) is 1. The lowest BCUT2D eigenvalue weighted by Gasteiger charge is -2.29. The molecule has 0 saturated heterocycles. The molecule has 4 heteroatoms. The quantitative estimate of drug-likeness (QED) is 0.868. The number of hydrogen-bond acceptors (Lipinski definition) is 3. The van der Waals surface area contributed by atoms with E-state index >= 15 is 0 Å². The minimum absolute atomic E-state index is 0.0266. The van der Waals surface area contributed by atoms with Gasteiger partial charge in [0.15, 0.2) is 0 Å². The Bertz CT molecular complexity index is 468. The summed E-state index contributed by atoms with van der Waals surface area (Å²) < 4.78 is 0. The Hall–Kier alpha value is -1.55. The Morgan fingerprint density at radius 2 is 2.10 bits per heavy atom. The summed E-state index contributed by atoms with van der Waals surface area (Å²) in [4.78, 5) is 14.7. The summed E-state index contributed by atoms with van der Waals surface area (Å²) >= 11 is 0. The minimum Gasteiger partial charge on any atom is -0.508 e. The molecule has 0 radical (unpaired) electrons. The number of rotatable bonds is 5. The third kappa shape index (κ3) is 3.12. The average molecular weight is 276 g/mol. The van der Waals surface area contributed by atoms with E-state index in [4.69, 9.17) is 5.73 Å². The van der Waals surface area contributed by atoms with Gasteiger partial charge in [0, 0.05) is 23.7 Å². The van der Waals surface area contributed by atoms with Crippen molar-refractivity contribution >= 4 is 5.91 Å². The van der Waals surface area contributed by atoms with Crippen molar-refractivity contribution in [2.45, 2.75) is 45.1 Å². The Labute approximate surface area is 120 Å². The molecular weight excluding hydrogens is 252 g/mol. The number of aromatic hydroxyl groups is 1. The fraction of sp³-hybridized carbons (Fsp3) is 0.562. The minimum atomic E-state index is 0.0266. The Morgan fingerprint density at radius 1 is 1.40 bits per heavy atom. The van der Waals surface area contributed by atoms with Gasteiger partial charge in [0.25, 0.3) is 5.91 Å². The first-order valence-electron chi connectivity index (χ1n) is 7.44. The van der Waals surface area contributed by atoms with Crippen molar-refractivity contribution in [1.29, 1.82) is 0 Å². The highest BCUT2D eigenvalue weighted by molar-refractivity contribution is 5.96. The lowest BCUT2D eigenvalue weighted by Crippen LogP contribution is -2.40. The Kier molecular flexibility index (Phi) is 5.01. The molecule has 3 N–H and O–H groups in total. The highest BCUT2D eigenvalue weighted by Gasteiger charge is 2.28. The molecule has 4 nitrogen and oxygen atoms in total. The smallest absolute Gasteiger partial charge is 0.254 e. The molecule has 0 aromatic heterocycles. The average Bonchev–Trinajstić information content (AvgIpc) is 2.96. The second-order valence-corrected chi connectivity index (χ2v) is 5.53. The number of benzene rings is 1. The molecule has 1 aromatic carbocycles. The first kappa shape index (κ1) is 14.9. The molecule has 0 aliphatic heterocycles. The lowest BCUT2D eigenvalue weighted by atomic mass is 10.0. The van der Waals surface area contributed by atoms with Crippen molar-refractivity contribution in [2.75, 3.05) is 13.1 Å². The van der Waals surface area contributed by atoms with Crippen LogP contribution in [0.1, 0.15) is 48.0 Å². The fourth-order valence-corrected chi connectivity index (χ4v) is 2.94. The van der Waals surface area contributed by atoms with Crippen LogP contribution in [-0.4, -0.2) is 35.0 Å². The molecule has 1 aliphatic carbocycles. The van der Waals surface area contributed by atoms with Gasteiger partial charge in [-0.05, 0) is 44.9 Å². The standard InChI is InChI=1S/C16H24N2O2/c1-12-14(8-4-9-15(12)19)16(20)18(11-5-10-17)13-6-2-3-7-13/h4,8-9,13,19H,2-3,5-7,10-11,17H2,1H3. The monoisotopic (exact) mass is 276 g/mol. The van der Waals surface area contributed by atoms with Crippen molar-refractivity contribution in [3.05, 3.63) is 29.3 Å². The van der Waals surface area contributed by atoms with Crippen molar-refractivity contribution < 1.29 is 9.90 Å². The van der Waals surface area contributed by atoms with Crippen LogP contribution in [0, 0.1) is 6.92 Å². The zero-order valence-electron chi connectivity index (χ0n) is 12.1. The fourth-order valence-electron chi connectivity index (χ4n) is 2.94. The first-order valence-corrected chi connectivity index (χ1v) is 7.44. The predicted molar refractivity (Wildman–Crippen MR) is 79.8 cm³/mol. The molecule has 1 aromatic rings. The lowest BCUT2D eigenvalue weighted by molar-refractivity contribution is 0.0679. The summed E-state index contributed by atoms with van der Waals surface area (Å²) in [7, 11) is 0. The number of phenolic OH excluding ortho intramolecular Hbond substituents is 1. The van der Waals surface area contributed by atoms with E-state index in [-0.39, 0.29) is 11.7 Å². The molecule has 1 saturated carbocycles. The van der Waals surface area contributed by atoms with E-state index in [1.165, 1.54) is 12.8 Å². The molecule has 20 heavy (non-hydrogen) atoms. The third-order valence-electron chi connectivity index (χ3n) is 4.17. The van der Waals surface area contributed by atoms with Gasteiger partial charge in [0.05, 0.1) is 0 Å². The molecule has 0 spiro atoms. The molecule has 1 aliphatic rings. The molecule has 0 atom stereocenters. The van der Waals surface area contributed by atoms with Gasteiger partial charge in [-0.2, -0.15) is 0 Å². The largest absolute Gasteiger partial charge is 0.508 e. The topological polar surface area (TPSA) is 66.6 Å². The first-order chi connectivity index (χ1) is 9.65. The van der Waals surface area contributed by atoms with Gasteiger partial charge in [0.1, 0.15) is 5.75 Å². The SMILES string of the molecule is Cc1c(O)cccc1C(=O)N(CCCN)C1CCCC1. The molecule has 1 fully saturated rings. The van der Waals surface area contributed by atoms with Crippen LogP contribution >= 0.6 is 0 Å². The maximum Gasteiger partial charge on any atom is 0.254 e. The number of hydrogen-bond donors (Lipinski definition) is 2. The van der Waals surface area contributed by atoms with Gasteiger partial charge in [-0.3, -0.25) is 4.79 Å². The van der Waals surface area contributed by atoms with Crippen molar-refractivity contribution in [3.8, 4) is 5.75 Å². The second-order valence-electron chi connectivity index (χ2n) is 5.53. The van der Waals surface area contributed by atoms with Gasteiger partial charge in [-0.1, -0.05) is 18.9 Å². The van der Waals surface area contributed by atoms with E-state index in [0.29, 0.717) is 30.3 Å². The zero-order chi connectivity index (χ0) is 14.5. The highest BCUT2D eigenvalue weighted by Crippen LogP contribution is 2.27. The summed E-state index contributed by atoms with van der Waals surface area (Å²) in [6.45, 7) is 3.09. The summed E-state index contributed by atoms with van der Waals surface area (Å²) in [5.41, 5.74) is 6.86. The summed E-state index contributed by atoms with van der Waals surface area (Å²) in [5, 5.41) is 9.78. The van der Waals surface area contributed by atoms with Gasteiger partial charge in [0.2, 0.25) is 0 Å². The van der Waals surface area contributed by atoms with Crippen LogP contribution in [0.2, 0.25) is 0 Å². The van der Waals surface area contributed by atoms with Crippen LogP contribution < -0.4 is 5.73 Å². The normalized spacial score (nSPS) is 15.5. The number of carbonyl (C=O) groups excluding carboxylic acids is 1. The third-order valence-corrected chi connectivity index (χ3v) is 4.17. The summed E-state index contributed by atoms with van der Waals surface area (Å²) in [5.74, 6) is 0.208. The molecule has 0 heterocycles. The van der Waals surface area contributed by atoms with Crippen LogP contribution in [0.4, 0.5) is 0 Å². The Balaban J connectivity index is 2.22. The second kappa shape index (κ2) is 6.75.